The molecule has 5 heteroatoms. The molecule has 26 heavy (non-hydrogen) atoms. The third-order valence-corrected chi connectivity index (χ3v) is 4.14. The maximum Gasteiger partial charge on any atom is 0.226 e. The summed E-state index contributed by atoms with van der Waals surface area (Å²) in [6, 6.07) is 10.7. The van der Waals surface area contributed by atoms with Crippen LogP contribution >= 0.6 is 11.6 Å². The topological polar surface area (TPSA) is 51.8 Å². The first-order chi connectivity index (χ1) is 14.9. The Hall–Kier alpha value is -3.24. The molecular weight excluding hydrogens is 346 g/mol. The van der Waals surface area contributed by atoms with Crippen LogP contribution in [0.2, 0.25) is 5.28 Å². The molecule has 4 nitrogen and oxygen atoms in total. The highest BCUT2D eigenvalue weighted by molar-refractivity contribution is 6.28. The van der Waals surface area contributed by atoms with Gasteiger partial charge in [0.05, 0.1) is 6.85 Å². The molecule has 0 aliphatic rings. The van der Waals surface area contributed by atoms with Crippen molar-refractivity contribution in [1.29, 1.82) is 0 Å². The quantitative estimate of drug-likeness (QED) is 0.400. The number of benzene rings is 3. The van der Waals surface area contributed by atoms with Crippen LogP contribution in [0, 0.1) is 0 Å². The highest BCUT2D eigenvalue weighted by atomic mass is 35.5. The average Bonchev–Trinajstić information content (AvgIpc) is 3.15. The van der Waals surface area contributed by atoms with Gasteiger partial charge in [-0.15, -0.1) is 0 Å². The molecule has 0 amide bonds. The lowest BCUT2D eigenvalue weighted by Crippen LogP contribution is -1.97. The summed E-state index contributed by atoms with van der Waals surface area (Å²) in [4.78, 5) is 12.7. The van der Waals surface area contributed by atoms with E-state index in [4.69, 9.17) is 22.9 Å². The van der Waals surface area contributed by atoms with E-state index in [0.29, 0.717) is 16.7 Å². The molecule has 0 bridgehead atoms. The largest absolute Gasteiger partial charge is 0.456 e. The van der Waals surface area contributed by atoms with Crippen LogP contribution < -0.4 is 0 Å². The number of aromatic nitrogens is 3. The van der Waals surface area contributed by atoms with Crippen molar-refractivity contribution < 1.29 is 11.3 Å². The number of hydrogen-bond acceptors (Lipinski definition) is 4. The van der Waals surface area contributed by atoms with Crippen LogP contribution in [0.25, 0.3) is 44.7 Å². The van der Waals surface area contributed by atoms with E-state index in [2.05, 4.69) is 15.0 Å². The summed E-state index contributed by atoms with van der Waals surface area (Å²) < 4.78 is 45.9. The number of para-hydroxylation sites is 1. The zero-order valence-electron chi connectivity index (χ0n) is 18.2. The molecule has 0 fully saturated rings. The van der Waals surface area contributed by atoms with E-state index in [0.717, 1.165) is 10.8 Å². The fourth-order valence-electron chi connectivity index (χ4n) is 2.91. The van der Waals surface area contributed by atoms with E-state index in [1.165, 1.54) is 0 Å². The third kappa shape index (κ3) is 2.43. The second-order valence-corrected chi connectivity index (χ2v) is 5.87. The molecule has 0 saturated carbocycles. The molecule has 2 heterocycles. The Morgan fingerprint density at radius 2 is 1.58 bits per heavy atom. The Morgan fingerprint density at radius 1 is 0.808 bits per heavy atom. The smallest absolute Gasteiger partial charge is 0.226 e. The van der Waals surface area contributed by atoms with Crippen LogP contribution in [0.4, 0.5) is 0 Å². The van der Waals surface area contributed by atoms with Crippen LogP contribution in [-0.2, 0) is 0 Å². The monoisotopic (exact) mass is 362 g/mol. The number of halogens is 1. The van der Waals surface area contributed by atoms with Crippen LogP contribution in [0.3, 0.4) is 0 Å². The summed E-state index contributed by atoms with van der Waals surface area (Å²) in [7, 11) is 0. The molecule has 0 atom stereocenters. The first kappa shape index (κ1) is 10.7. The Labute approximate surface area is 161 Å². The molecule has 0 N–H and O–H groups in total. The molecular formula is C21H12ClN3O. The second-order valence-electron chi connectivity index (χ2n) is 5.53. The van der Waals surface area contributed by atoms with Crippen molar-refractivity contribution in [2.24, 2.45) is 0 Å². The molecule has 5 rings (SSSR count). The molecule has 0 unspecified atom stereocenters. The van der Waals surface area contributed by atoms with Crippen molar-refractivity contribution in [1.82, 2.24) is 15.0 Å². The van der Waals surface area contributed by atoms with Crippen molar-refractivity contribution in [3.63, 3.8) is 0 Å². The van der Waals surface area contributed by atoms with E-state index in [-0.39, 0.29) is 22.5 Å². The van der Waals surface area contributed by atoms with Crippen LogP contribution in [0.5, 0.6) is 0 Å². The number of hydrogen-bond donors (Lipinski definition) is 0. The molecule has 5 aromatic rings. The minimum atomic E-state index is -0.492. The van der Waals surface area contributed by atoms with Gasteiger partial charge in [0.2, 0.25) is 5.28 Å². The van der Waals surface area contributed by atoms with E-state index >= 15 is 0 Å². The van der Waals surface area contributed by atoms with E-state index < -0.39 is 30.2 Å². The van der Waals surface area contributed by atoms with Gasteiger partial charge in [0.15, 0.2) is 11.6 Å². The van der Waals surface area contributed by atoms with Gasteiger partial charge in [0.1, 0.15) is 11.2 Å². The lowest BCUT2D eigenvalue weighted by molar-refractivity contribution is 0.669. The standard InChI is InChI=1S/C21H12ClN3O/c22-21-24-19(13-7-2-1-3-8-13)23-20(25-21)15-10-6-12-17-18(15)14-9-4-5-11-16(14)26-17/h1-12H/i1D,2D,3D,7D,8D. The maximum absolute atomic E-state index is 8.20. The molecule has 2 aromatic heterocycles. The van der Waals surface area contributed by atoms with Crippen molar-refractivity contribution in [2.75, 3.05) is 0 Å². The molecule has 0 spiro atoms. The minimum absolute atomic E-state index is 0.100. The van der Waals surface area contributed by atoms with E-state index in [9.17, 15) is 0 Å². The summed E-state index contributed by atoms with van der Waals surface area (Å²) in [6.07, 6.45) is 0. The molecule has 0 radical (unpaired) electrons. The number of nitrogens with zero attached hydrogens (tertiary/aromatic N) is 3. The molecule has 124 valence electrons. The van der Waals surface area contributed by atoms with Crippen molar-refractivity contribution in [3.05, 3.63) is 78.0 Å². The fourth-order valence-corrected chi connectivity index (χ4v) is 3.07. The zero-order valence-corrected chi connectivity index (χ0v) is 13.9. The van der Waals surface area contributed by atoms with Crippen molar-refractivity contribution in [2.45, 2.75) is 0 Å². The van der Waals surface area contributed by atoms with Gasteiger partial charge in [-0.05, 0) is 23.7 Å². The van der Waals surface area contributed by atoms with Crippen molar-refractivity contribution >= 4 is 33.5 Å². The lowest BCUT2D eigenvalue weighted by Gasteiger charge is -2.06. The number of furan rings is 1. The molecule has 0 aliphatic heterocycles. The summed E-state index contributed by atoms with van der Waals surface area (Å²) in [5.74, 6) is 0.107. The zero-order chi connectivity index (χ0) is 21.9. The fraction of sp³-hybridized carbons (Fsp3) is 0. The van der Waals surface area contributed by atoms with E-state index in [1.807, 2.05) is 36.4 Å². The van der Waals surface area contributed by atoms with Crippen LogP contribution in [0.15, 0.2) is 77.1 Å². The predicted octanol–water partition coefficient (Wildman–Crippen LogP) is 5.76. The SMILES string of the molecule is [2H]c1c([2H])c([2H])c(-c2nc(Cl)nc(-c3cccc4oc5ccccc5c34)n2)c([2H])c1[2H]. The molecule has 0 saturated heterocycles. The van der Waals surface area contributed by atoms with Gasteiger partial charge in [-0.3, -0.25) is 0 Å². The van der Waals surface area contributed by atoms with Crippen LogP contribution in [-0.4, -0.2) is 15.0 Å². The number of rotatable bonds is 2. The summed E-state index contributed by atoms with van der Waals surface area (Å²) in [5, 5.41) is 1.50. The minimum Gasteiger partial charge on any atom is -0.456 e. The van der Waals surface area contributed by atoms with Crippen LogP contribution in [0.1, 0.15) is 6.85 Å². The van der Waals surface area contributed by atoms with Gasteiger partial charge < -0.3 is 4.42 Å². The van der Waals surface area contributed by atoms with Gasteiger partial charge in [-0.25, -0.2) is 4.98 Å². The highest BCUT2D eigenvalue weighted by Gasteiger charge is 2.16. The Balaban J connectivity index is 1.81. The molecule has 3 aromatic carbocycles. The Morgan fingerprint density at radius 3 is 2.46 bits per heavy atom. The lowest BCUT2D eigenvalue weighted by atomic mass is 10.1. The van der Waals surface area contributed by atoms with Gasteiger partial charge in [0.25, 0.3) is 0 Å². The highest BCUT2D eigenvalue weighted by Crippen LogP contribution is 2.35. The molecule has 0 aliphatic carbocycles. The third-order valence-electron chi connectivity index (χ3n) is 3.98. The van der Waals surface area contributed by atoms with Gasteiger partial charge in [0, 0.05) is 21.9 Å². The summed E-state index contributed by atoms with van der Waals surface area (Å²) in [5.41, 5.74) is 1.83. The van der Waals surface area contributed by atoms with Gasteiger partial charge >= 0.3 is 0 Å². The maximum atomic E-state index is 8.20. The van der Waals surface area contributed by atoms with Crippen molar-refractivity contribution in [3.8, 4) is 22.8 Å². The average molecular weight is 363 g/mol. The summed E-state index contributed by atoms with van der Waals surface area (Å²) in [6.45, 7) is 0. The Kier molecular flexibility index (Phi) is 2.44. The first-order valence-corrected chi connectivity index (χ1v) is 8.14. The second kappa shape index (κ2) is 5.93. The number of fused-ring (bicyclic) bond motifs is 3. The predicted molar refractivity (Wildman–Crippen MR) is 103 cm³/mol. The van der Waals surface area contributed by atoms with E-state index in [1.54, 1.807) is 6.07 Å². The Bertz CT molecular complexity index is 1490. The first-order valence-electron chi connectivity index (χ1n) is 10.3. The normalized spacial score (nSPS) is 14.0. The summed E-state index contributed by atoms with van der Waals surface area (Å²) >= 11 is 6.17. The van der Waals surface area contributed by atoms with Gasteiger partial charge in [-0.2, -0.15) is 9.97 Å². The van der Waals surface area contributed by atoms with Gasteiger partial charge in [-0.1, -0.05) is 60.5 Å².